The molecule has 0 atom stereocenters. The minimum atomic E-state index is -0.0673. The minimum Gasteiger partial charge on any atom is -0.497 e. The number of benzene rings is 3. The summed E-state index contributed by atoms with van der Waals surface area (Å²) in [6.07, 6.45) is 0.620. The van der Waals surface area contributed by atoms with Crippen molar-refractivity contribution in [3.63, 3.8) is 0 Å². The molecule has 146 valence electrons. The summed E-state index contributed by atoms with van der Waals surface area (Å²) in [5, 5.41) is 0. The molecule has 0 unspecified atom stereocenters. The number of ether oxygens (including phenoxy) is 1. The van der Waals surface area contributed by atoms with Gasteiger partial charge in [0, 0.05) is 25.6 Å². The van der Waals surface area contributed by atoms with Crippen LogP contribution in [0, 0.1) is 0 Å². The Kier molecular flexibility index (Phi) is 5.29. The molecule has 1 amide bonds. The zero-order valence-corrected chi connectivity index (χ0v) is 16.5. The van der Waals surface area contributed by atoms with Gasteiger partial charge in [0.2, 0.25) is 0 Å². The second-order valence-electron chi connectivity index (χ2n) is 6.97. The lowest BCUT2D eigenvalue weighted by molar-refractivity contribution is 0.0785. The first kappa shape index (κ1) is 18.7. The van der Waals surface area contributed by atoms with E-state index in [1.165, 1.54) is 0 Å². The van der Waals surface area contributed by atoms with Crippen LogP contribution in [0.3, 0.4) is 0 Å². The van der Waals surface area contributed by atoms with Crippen LogP contribution in [0.5, 0.6) is 5.75 Å². The highest BCUT2D eigenvalue weighted by atomic mass is 16.5. The van der Waals surface area contributed by atoms with Crippen molar-refractivity contribution in [2.24, 2.45) is 0 Å². The van der Waals surface area contributed by atoms with Crippen molar-refractivity contribution >= 4 is 17.0 Å². The molecule has 0 aliphatic heterocycles. The molecule has 1 heterocycles. The normalized spacial score (nSPS) is 10.8. The van der Waals surface area contributed by atoms with Crippen LogP contribution in [0.1, 0.15) is 27.4 Å². The van der Waals surface area contributed by atoms with Crippen LogP contribution < -0.4 is 4.74 Å². The monoisotopic (exact) mass is 386 g/mol. The SMILES string of the molecule is COc1cccc(CN(C)C(=O)c2ccc3oc(Cc4ccccc4)nc3c2)c1. The zero-order valence-electron chi connectivity index (χ0n) is 16.5. The molecule has 0 saturated heterocycles. The average molecular weight is 386 g/mol. The largest absolute Gasteiger partial charge is 0.497 e. The first-order chi connectivity index (χ1) is 14.1. The van der Waals surface area contributed by atoms with Crippen molar-refractivity contribution < 1.29 is 13.9 Å². The molecule has 0 N–H and O–H groups in total. The summed E-state index contributed by atoms with van der Waals surface area (Å²) in [7, 11) is 3.42. The molecule has 29 heavy (non-hydrogen) atoms. The number of hydrogen-bond donors (Lipinski definition) is 0. The number of carbonyl (C=O) groups excluding carboxylic acids is 1. The van der Waals surface area contributed by atoms with Crippen LogP contribution >= 0.6 is 0 Å². The first-order valence-electron chi connectivity index (χ1n) is 9.44. The lowest BCUT2D eigenvalue weighted by atomic mass is 10.1. The van der Waals surface area contributed by atoms with E-state index < -0.39 is 0 Å². The Morgan fingerprint density at radius 2 is 1.79 bits per heavy atom. The third kappa shape index (κ3) is 4.29. The van der Waals surface area contributed by atoms with Gasteiger partial charge in [0.1, 0.15) is 11.3 Å². The van der Waals surface area contributed by atoms with Gasteiger partial charge in [-0.15, -0.1) is 0 Å². The highest BCUT2D eigenvalue weighted by molar-refractivity contribution is 5.97. The van der Waals surface area contributed by atoms with Crippen molar-refractivity contribution in [3.05, 3.63) is 95.4 Å². The molecular formula is C24H22N2O3. The number of fused-ring (bicyclic) bond motifs is 1. The number of amides is 1. The fourth-order valence-corrected chi connectivity index (χ4v) is 3.29. The lowest BCUT2D eigenvalue weighted by Crippen LogP contribution is -2.26. The Morgan fingerprint density at radius 1 is 1.00 bits per heavy atom. The van der Waals surface area contributed by atoms with Crippen LogP contribution in [0.15, 0.2) is 77.2 Å². The van der Waals surface area contributed by atoms with Crippen LogP contribution in [0.2, 0.25) is 0 Å². The predicted molar refractivity (Wildman–Crippen MR) is 112 cm³/mol. The van der Waals surface area contributed by atoms with E-state index in [0.29, 0.717) is 35.5 Å². The van der Waals surface area contributed by atoms with Gasteiger partial charge >= 0.3 is 0 Å². The Labute approximate surface area is 169 Å². The summed E-state index contributed by atoms with van der Waals surface area (Å²) in [6, 6.07) is 23.1. The van der Waals surface area contributed by atoms with Gasteiger partial charge in [-0.05, 0) is 41.5 Å². The predicted octanol–water partition coefficient (Wildman–Crippen LogP) is 4.70. The second-order valence-corrected chi connectivity index (χ2v) is 6.97. The Balaban J connectivity index is 1.51. The number of methoxy groups -OCH3 is 1. The smallest absolute Gasteiger partial charge is 0.253 e. The number of aromatic nitrogens is 1. The topological polar surface area (TPSA) is 55.6 Å². The summed E-state index contributed by atoms with van der Waals surface area (Å²) in [4.78, 5) is 19.1. The van der Waals surface area contributed by atoms with Crippen LogP contribution in [-0.4, -0.2) is 29.9 Å². The first-order valence-corrected chi connectivity index (χ1v) is 9.44. The number of rotatable bonds is 6. The van der Waals surface area contributed by atoms with E-state index in [-0.39, 0.29) is 5.91 Å². The van der Waals surface area contributed by atoms with Gasteiger partial charge in [-0.1, -0.05) is 42.5 Å². The van der Waals surface area contributed by atoms with E-state index in [9.17, 15) is 4.79 Å². The van der Waals surface area contributed by atoms with Crippen molar-refractivity contribution in [3.8, 4) is 5.75 Å². The Bertz CT molecular complexity index is 1140. The molecular weight excluding hydrogens is 364 g/mol. The third-order valence-electron chi connectivity index (χ3n) is 4.78. The standard InChI is InChI=1S/C24H22N2O3/c1-26(16-18-9-6-10-20(13-18)28-2)24(27)19-11-12-22-21(15-19)25-23(29-22)14-17-7-4-3-5-8-17/h3-13,15H,14,16H2,1-2H3. The van der Waals surface area contributed by atoms with Gasteiger partial charge in [-0.2, -0.15) is 0 Å². The molecule has 4 aromatic rings. The molecule has 4 rings (SSSR count). The van der Waals surface area contributed by atoms with Gasteiger partial charge in [0.25, 0.3) is 5.91 Å². The maximum Gasteiger partial charge on any atom is 0.253 e. The van der Waals surface area contributed by atoms with Crippen molar-refractivity contribution in [1.82, 2.24) is 9.88 Å². The van der Waals surface area contributed by atoms with E-state index in [2.05, 4.69) is 4.98 Å². The van der Waals surface area contributed by atoms with Crippen LogP contribution in [0.25, 0.3) is 11.1 Å². The second kappa shape index (κ2) is 8.19. The number of hydrogen-bond acceptors (Lipinski definition) is 4. The van der Waals surface area contributed by atoms with Crippen LogP contribution in [0.4, 0.5) is 0 Å². The van der Waals surface area contributed by atoms with Crippen LogP contribution in [-0.2, 0) is 13.0 Å². The molecule has 0 spiro atoms. The van der Waals surface area contributed by atoms with E-state index >= 15 is 0 Å². The third-order valence-corrected chi connectivity index (χ3v) is 4.78. The van der Waals surface area contributed by atoms with Gasteiger partial charge < -0.3 is 14.1 Å². The fourth-order valence-electron chi connectivity index (χ4n) is 3.29. The van der Waals surface area contributed by atoms with Crippen molar-refractivity contribution in [2.45, 2.75) is 13.0 Å². The van der Waals surface area contributed by atoms with Gasteiger partial charge in [0.05, 0.1) is 7.11 Å². The number of nitrogens with zero attached hydrogens (tertiary/aromatic N) is 2. The lowest BCUT2D eigenvalue weighted by Gasteiger charge is -2.17. The summed E-state index contributed by atoms with van der Waals surface area (Å²) < 4.78 is 11.1. The molecule has 0 bridgehead atoms. The summed E-state index contributed by atoms with van der Waals surface area (Å²) >= 11 is 0. The Hall–Kier alpha value is -3.60. The molecule has 1 aromatic heterocycles. The molecule has 0 aliphatic carbocycles. The number of carbonyl (C=O) groups is 1. The summed E-state index contributed by atoms with van der Waals surface area (Å²) in [5.41, 5.74) is 4.10. The summed E-state index contributed by atoms with van der Waals surface area (Å²) in [6.45, 7) is 0.492. The molecule has 5 heteroatoms. The zero-order chi connectivity index (χ0) is 20.2. The van der Waals surface area contributed by atoms with E-state index in [4.69, 9.17) is 9.15 Å². The maximum absolute atomic E-state index is 12.9. The van der Waals surface area contributed by atoms with E-state index in [1.807, 2.05) is 60.7 Å². The highest BCUT2D eigenvalue weighted by Gasteiger charge is 2.15. The van der Waals surface area contributed by atoms with E-state index in [0.717, 1.165) is 16.9 Å². The molecule has 3 aromatic carbocycles. The van der Waals surface area contributed by atoms with E-state index in [1.54, 1.807) is 31.2 Å². The van der Waals surface area contributed by atoms with Gasteiger partial charge in [-0.25, -0.2) is 4.98 Å². The quantitative estimate of drug-likeness (QED) is 0.482. The number of oxazole rings is 1. The molecule has 0 radical (unpaired) electrons. The molecule has 0 aliphatic rings. The Morgan fingerprint density at radius 3 is 2.59 bits per heavy atom. The van der Waals surface area contributed by atoms with Crippen molar-refractivity contribution in [1.29, 1.82) is 0 Å². The molecule has 0 fully saturated rings. The average Bonchev–Trinajstić information content (AvgIpc) is 3.15. The molecule has 5 nitrogen and oxygen atoms in total. The summed E-state index contributed by atoms with van der Waals surface area (Å²) in [5.74, 6) is 1.35. The highest BCUT2D eigenvalue weighted by Crippen LogP contribution is 2.21. The van der Waals surface area contributed by atoms with Gasteiger partial charge in [0.15, 0.2) is 11.5 Å². The maximum atomic E-state index is 12.9. The molecule has 0 saturated carbocycles. The minimum absolute atomic E-state index is 0.0673. The van der Waals surface area contributed by atoms with Gasteiger partial charge in [-0.3, -0.25) is 4.79 Å². The van der Waals surface area contributed by atoms with Crippen molar-refractivity contribution in [2.75, 3.05) is 14.2 Å². The fraction of sp³-hybridized carbons (Fsp3) is 0.167.